The molecule has 43 heavy (non-hydrogen) atoms. The molecule has 0 unspecified atom stereocenters. The van der Waals surface area contributed by atoms with Crippen LogP contribution < -0.4 is 0 Å². The van der Waals surface area contributed by atoms with E-state index >= 15 is 0 Å². The molecular formula is C37H55N3O3. The Morgan fingerprint density at radius 1 is 0.953 bits per heavy atom. The minimum Gasteiger partial charge on any atom is -0.461 e. The van der Waals surface area contributed by atoms with Crippen LogP contribution in [0.15, 0.2) is 80.1 Å². The first-order valence-electron chi connectivity index (χ1n) is 15.9. The van der Waals surface area contributed by atoms with E-state index in [-0.39, 0.29) is 23.4 Å². The van der Waals surface area contributed by atoms with Gasteiger partial charge in [-0.05, 0) is 104 Å². The summed E-state index contributed by atoms with van der Waals surface area (Å²) < 4.78 is 13.3. The molecule has 0 saturated heterocycles. The molecule has 6 nitrogen and oxygen atoms in total. The van der Waals surface area contributed by atoms with Crippen LogP contribution in [-0.4, -0.2) is 34.2 Å². The fraction of sp³-hybridized carbons (Fsp3) is 0.595. The summed E-state index contributed by atoms with van der Waals surface area (Å²) in [5.41, 5.74) is 5.44. The summed E-state index contributed by atoms with van der Waals surface area (Å²) in [6, 6.07) is 0. The third-order valence-corrected chi connectivity index (χ3v) is 10.3. The van der Waals surface area contributed by atoms with Gasteiger partial charge in [0.25, 0.3) is 0 Å². The van der Waals surface area contributed by atoms with Gasteiger partial charge in [0.1, 0.15) is 12.3 Å². The Bertz CT molecular complexity index is 1210. The lowest BCUT2D eigenvalue weighted by molar-refractivity contribution is -0.143. The van der Waals surface area contributed by atoms with Gasteiger partial charge in [0.05, 0.1) is 19.4 Å². The number of rotatable bonds is 16. The van der Waals surface area contributed by atoms with Crippen molar-refractivity contribution in [2.75, 3.05) is 13.2 Å². The monoisotopic (exact) mass is 589 g/mol. The molecule has 2 aliphatic rings. The molecule has 1 aromatic rings. The summed E-state index contributed by atoms with van der Waals surface area (Å²) in [5.74, 6) is 1.33. The van der Waals surface area contributed by atoms with Gasteiger partial charge >= 0.3 is 5.97 Å². The zero-order valence-corrected chi connectivity index (χ0v) is 27.3. The van der Waals surface area contributed by atoms with Crippen LogP contribution in [-0.2, 0) is 27.4 Å². The van der Waals surface area contributed by atoms with Crippen molar-refractivity contribution in [1.29, 1.82) is 0 Å². The lowest BCUT2D eigenvalue weighted by Crippen LogP contribution is -2.34. The summed E-state index contributed by atoms with van der Waals surface area (Å²) >= 11 is 0. The van der Waals surface area contributed by atoms with Gasteiger partial charge in [0, 0.05) is 13.0 Å². The van der Waals surface area contributed by atoms with Crippen LogP contribution in [0.25, 0.3) is 0 Å². The molecule has 6 atom stereocenters. The first kappa shape index (κ1) is 34.5. The molecule has 236 valence electrons. The number of nitrogens with zero attached hydrogens (tertiary/aromatic N) is 3. The summed E-state index contributed by atoms with van der Waals surface area (Å²) in [4.78, 5) is 12.4. The molecule has 1 heterocycles. The normalized spacial score (nSPS) is 28.9. The zero-order valence-electron chi connectivity index (χ0n) is 27.3. The first-order valence-corrected chi connectivity index (χ1v) is 15.9. The molecule has 0 aliphatic heterocycles. The van der Waals surface area contributed by atoms with Crippen molar-refractivity contribution in [2.45, 2.75) is 92.2 Å². The molecule has 2 aliphatic carbocycles. The van der Waals surface area contributed by atoms with E-state index in [1.807, 2.05) is 6.20 Å². The van der Waals surface area contributed by atoms with Gasteiger partial charge in [-0.1, -0.05) is 68.7 Å². The van der Waals surface area contributed by atoms with E-state index in [4.69, 9.17) is 9.47 Å². The fourth-order valence-electron chi connectivity index (χ4n) is 7.09. The lowest BCUT2D eigenvalue weighted by atomic mass is 9.61. The minimum absolute atomic E-state index is 0.0690. The molecule has 0 spiro atoms. The topological polar surface area (TPSA) is 66.2 Å². The molecule has 0 aromatic carbocycles. The lowest BCUT2D eigenvalue weighted by Gasteiger charge is -2.43. The molecule has 2 fully saturated rings. The molecule has 1 aromatic heterocycles. The highest BCUT2D eigenvalue weighted by Gasteiger charge is 2.40. The first-order chi connectivity index (χ1) is 20.3. The van der Waals surface area contributed by atoms with Crippen LogP contribution in [0.3, 0.4) is 0 Å². The molecule has 3 rings (SSSR count). The van der Waals surface area contributed by atoms with Crippen LogP contribution in [0.4, 0.5) is 0 Å². The number of hydrogen-bond donors (Lipinski definition) is 0. The van der Waals surface area contributed by atoms with Crippen molar-refractivity contribution in [1.82, 2.24) is 15.0 Å². The predicted molar refractivity (Wildman–Crippen MR) is 176 cm³/mol. The van der Waals surface area contributed by atoms with Gasteiger partial charge in [-0.3, -0.25) is 9.48 Å². The maximum atomic E-state index is 12.4. The highest BCUT2D eigenvalue weighted by molar-refractivity contribution is 5.69. The maximum Gasteiger partial charge on any atom is 0.306 e. The zero-order chi connectivity index (χ0) is 31.8. The van der Waals surface area contributed by atoms with Gasteiger partial charge in [0.15, 0.2) is 0 Å². The van der Waals surface area contributed by atoms with E-state index in [2.05, 4.69) is 89.6 Å². The molecule has 0 radical (unpaired) electrons. The minimum atomic E-state index is -0.212. The molecule has 0 amide bonds. The van der Waals surface area contributed by atoms with E-state index in [9.17, 15) is 4.79 Å². The number of carbonyl (C=O) groups is 1. The fourth-order valence-corrected chi connectivity index (χ4v) is 7.09. The maximum absolute atomic E-state index is 12.4. The van der Waals surface area contributed by atoms with Gasteiger partial charge in [0.2, 0.25) is 0 Å². The van der Waals surface area contributed by atoms with Gasteiger partial charge < -0.3 is 9.47 Å². The van der Waals surface area contributed by atoms with E-state index < -0.39 is 0 Å². The van der Waals surface area contributed by atoms with Crippen molar-refractivity contribution in [3.05, 3.63) is 85.8 Å². The van der Waals surface area contributed by atoms with Gasteiger partial charge in [-0.2, -0.15) is 0 Å². The Balaban J connectivity index is 1.34. The Morgan fingerprint density at radius 3 is 2.00 bits per heavy atom. The Morgan fingerprint density at radius 2 is 1.49 bits per heavy atom. The molecular weight excluding hydrogens is 534 g/mol. The Labute approximate surface area is 260 Å². The average Bonchev–Trinajstić information content (AvgIpc) is 3.43. The molecule has 6 heteroatoms. The second kappa shape index (κ2) is 15.1. The van der Waals surface area contributed by atoms with Crippen LogP contribution in [0, 0.1) is 34.5 Å². The van der Waals surface area contributed by atoms with Crippen LogP contribution in [0.2, 0.25) is 0 Å². The second-order valence-electron chi connectivity index (χ2n) is 13.7. The number of allylic oxidation sites excluding steroid dienone is 4. The Kier molecular flexibility index (Phi) is 12.1. The third kappa shape index (κ3) is 9.01. The van der Waals surface area contributed by atoms with Crippen LogP contribution >= 0.6 is 0 Å². The third-order valence-electron chi connectivity index (χ3n) is 10.3. The smallest absolute Gasteiger partial charge is 0.306 e. The quantitative estimate of drug-likeness (QED) is 0.143. The highest BCUT2D eigenvalue weighted by Crippen LogP contribution is 2.49. The SMILES string of the molecule is C=C[C@]1(C)CC[C@@H](C(=C)COCc2cn(CCCC(=O)OCC(=C)[C@@H]3CC[C@@](C)(C=C)[C@H](C(=C)C)C3)nn2)C[C@H]1C(=C)C. The second-order valence-corrected chi connectivity index (χ2v) is 13.7. The summed E-state index contributed by atoms with van der Waals surface area (Å²) in [6.45, 7) is 35.7. The summed E-state index contributed by atoms with van der Waals surface area (Å²) in [7, 11) is 0. The number of aryl methyl sites for hydroxylation is 1. The average molecular weight is 590 g/mol. The number of carbonyl (C=O) groups excluding carboxylic acids is 1. The van der Waals surface area contributed by atoms with Crippen LogP contribution in [0.1, 0.15) is 84.8 Å². The van der Waals surface area contributed by atoms with Crippen molar-refractivity contribution < 1.29 is 14.3 Å². The van der Waals surface area contributed by atoms with E-state index in [0.717, 1.165) is 55.4 Å². The van der Waals surface area contributed by atoms with E-state index in [0.29, 0.717) is 56.3 Å². The van der Waals surface area contributed by atoms with Crippen molar-refractivity contribution in [3.63, 3.8) is 0 Å². The number of ether oxygens (including phenoxy) is 2. The van der Waals surface area contributed by atoms with Gasteiger partial charge in [-0.15, -0.1) is 18.3 Å². The van der Waals surface area contributed by atoms with Crippen LogP contribution in [0.5, 0.6) is 0 Å². The highest BCUT2D eigenvalue weighted by atomic mass is 16.5. The van der Waals surface area contributed by atoms with E-state index in [1.165, 1.54) is 11.1 Å². The Hall–Kier alpha value is -2.99. The number of aromatic nitrogens is 3. The van der Waals surface area contributed by atoms with Crippen molar-refractivity contribution in [2.24, 2.45) is 34.5 Å². The number of hydrogen-bond acceptors (Lipinski definition) is 5. The van der Waals surface area contributed by atoms with Crippen molar-refractivity contribution in [3.8, 4) is 0 Å². The van der Waals surface area contributed by atoms with Crippen molar-refractivity contribution >= 4 is 5.97 Å². The molecule has 2 saturated carbocycles. The standard InChI is InChI=1S/C37H55N3O3/c1-11-36(9)17-15-30(20-33(36)26(3)4)28(7)23-42-25-32-22-40(39-38-32)19-13-14-35(41)43-24-29(8)31-16-18-37(10,12-2)34(21-31)27(5)6/h11-12,22,30-31,33-34H,1-3,5,7-8,13-21,23-25H2,4,6,9-10H3/t30-,31-,33+,34+,36-,37-/m1/s1. The summed E-state index contributed by atoms with van der Waals surface area (Å²) in [6.07, 6.45) is 13.3. The summed E-state index contributed by atoms with van der Waals surface area (Å²) in [5, 5.41) is 8.43. The van der Waals surface area contributed by atoms with Gasteiger partial charge in [-0.25, -0.2) is 0 Å². The predicted octanol–water partition coefficient (Wildman–Crippen LogP) is 8.60. The number of esters is 1. The van der Waals surface area contributed by atoms with E-state index in [1.54, 1.807) is 4.68 Å². The molecule has 0 N–H and O–H groups in total. The molecule has 0 bridgehead atoms. The largest absolute Gasteiger partial charge is 0.461 e.